The highest BCUT2D eigenvalue weighted by Crippen LogP contribution is 2.32. The van der Waals surface area contributed by atoms with Gasteiger partial charge < -0.3 is 10.3 Å². The van der Waals surface area contributed by atoms with Crippen LogP contribution in [0.3, 0.4) is 0 Å². The normalized spacial score (nSPS) is 11.6. The van der Waals surface area contributed by atoms with Crippen LogP contribution in [-0.4, -0.2) is 9.55 Å². The highest BCUT2D eigenvalue weighted by atomic mass is 79.9. The van der Waals surface area contributed by atoms with Crippen molar-refractivity contribution in [2.24, 2.45) is 5.92 Å². The van der Waals surface area contributed by atoms with Crippen LogP contribution in [-0.2, 0) is 6.54 Å². The lowest BCUT2D eigenvalue weighted by Crippen LogP contribution is -2.12. The molecule has 0 amide bonds. The van der Waals surface area contributed by atoms with Crippen LogP contribution in [0.4, 0.5) is 5.82 Å². The molecule has 0 aliphatic rings. The van der Waals surface area contributed by atoms with Gasteiger partial charge in [0, 0.05) is 22.5 Å². The molecule has 114 valence electrons. The maximum Gasteiger partial charge on any atom is 0.131 e. The van der Waals surface area contributed by atoms with Gasteiger partial charge in [0.2, 0.25) is 0 Å². The van der Waals surface area contributed by atoms with E-state index in [9.17, 15) is 0 Å². The van der Waals surface area contributed by atoms with E-state index in [2.05, 4.69) is 73.3 Å². The third kappa shape index (κ3) is 3.31. The molecule has 0 aliphatic carbocycles. The van der Waals surface area contributed by atoms with E-state index in [0.717, 1.165) is 33.9 Å². The monoisotopic (exact) mass is 349 g/mol. The summed E-state index contributed by atoms with van der Waals surface area (Å²) in [6.07, 6.45) is 0. The standard InChI is InChI=1S/C17H24BrN3/c1-10(2)9-21-16(19)15(20-17(21)11(3)4)13-6-7-14(18)12(5)8-13/h6-8,10-11H,9,19H2,1-5H3. The van der Waals surface area contributed by atoms with Crippen molar-refractivity contribution in [2.45, 2.75) is 47.1 Å². The van der Waals surface area contributed by atoms with Crippen LogP contribution < -0.4 is 5.73 Å². The molecular weight excluding hydrogens is 326 g/mol. The topological polar surface area (TPSA) is 43.8 Å². The molecule has 1 aromatic carbocycles. The minimum absolute atomic E-state index is 0.358. The summed E-state index contributed by atoms with van der Waals surface area (Å²) in [6, 6.07) is 6.26. The van der Waals surface area contributed by atoms with Crippen LogP contribution in [0.25, 0.3) is 11.3 Å². The van der Waals surface area contributed by atoms with E-state index in [0.29, 0.717) is 11.8 Å². The van der Waals surface area contributed by atoms with Crippen LogP contribution in [0.15, 0.2) is 22.7 Å². The highest BCUT2D eigenvalue weighted by molar-refractivity contribution is 9.10. The Kier molecular flexibility index (Phi) is 4.77. The Morgan fingerprint density at radius 1 is 1.24 bits per heavy atom. The second-order valence-electron chi connectivity index (χ2n) is 6.33. The van der Waals surface area contributed by atoms with Crippen molar-refractivity contribution in [3.05, 3.63) is 34.1 Å². The molecule has 0 bridgehead atoms. The molecule has 0 saturated heterocycles. The maximum absolute atomic E-state index is 6.40. The van der Waals surface area contributed by atoms with Gasteiger partial charge in [-0.2, -0.15) is 0 Å². The zero-order chi connectivity index (χ0) is 15.7. The fraction of sp³-hybridized carbons (Fsp3) is 0.471. The number of nitrogen functional groups attached to an aromatic ring is 1. The fourth-order valence-electron chi connectivity index (χ4n) is 2.49. The van der Waals surface area contributed by atoms with E-state index in [1.165, 1.54) is 5.56 Å². The molecule has 2 rings (SSSR count). The number of aromatic nitrogens is 2. The van der Waals surface area contributed by atoms with Crippen molar-refractivity contribution in [2.75, 3.05) is 5.73 Å². The number of nitrogens with zero attached hydrogens (tertiary/aromatic N) is 2. The third-order valence-electron chi connectivity index (χ3n) is 3.53. The molecule has 1 aromatic heterocycles. The number of aryl methyl sites for hydroxylation is 1. The average molecular weight is 350 g/mol. The molecule has 0 unspecified atom stereocenters. The summed E-state index contributed by atoms with van der Waals surface area (Å²) in [5.74, 6) is 2.74. The number of rotatable bonds is 4. The first-order chi connectivity index (χ1) is 9.81. The van der Waals surface area contributed by atoms with Gasteiger partial charge in [0.15, 0.2) is 0 Å². The second-order valence-corrected chi connectivity index (χ2v) is 7.18. The number of hydrogen-bond donors (Lipinski definition) is 1. The van der Waals surface area contributed by atoms with Gasteiger partial charge in [0.25, 0.3) is 0 Å². The molecular formula is C17H24BrN3. The Balaban J connectivity index is 2.56. The highest BCUT2D eigenvalue weighted by Gasteiger charge is 2.19. The van der Waals surface area contributed by atoms with Crippen LogP contribution in [0, 0.1) is 12.8 Å². The van der Waals surface area contributed by atoms with E-state index in [1.54, 1.807) is 0 Å². The first kappa shape index (κ1) is 16.1. The molecule has 0 fully saturated rings. The first-order valence-electron chi connectivity index (χ1n) is 7.43. The summed E-state index contributed by atoms with van der Waals surface area (Å²) < 4.78 is 3.28. The molecule has 0 radical (unpaired) electrons. The van der Waals surface area contributed by atoms with Crippen LogP contribution in [0.1, 0.15) is 45.0 Å². The molecule has 0 spiro atoms. The Labute approximate surface area is 135 Å². The van der Waals surface area contributed by atoms with Gasteiger partial charge in [0.05, 0.1) is 0 Å². The molecule has 2 aromatic rings. The van der Waals surface area contributed by atoms with E-state index >= 15 is 0 Å². The average Bonchev–Trinajstić information content (AvgIpc) is 2.70. The van der Waals surface area contributed by atoms with Crippen molar-refractivity contribution in [1.82, 2.24) is 9.55 Å². The molecule has 0 aliphatic heterocycles. The molecule has 2 N–H and O–H groups in total. The van der Waals surface area contributed by atoms with Crippen LogP contribution in [0.5, 0.6) is 0 Å². The number of imidazole rings is 1. The van der Waals surface area contributed by atoms with Gasteiger partial charge in [-0.3, -0.25) is 0 Å². The van der Waals surface area contributed by atoms with Crippen molar-refractivity contribution in [3.8, 4) is 11.3 Å². The zero-order valence-corrected chi connectivity index (χ0v) is 15.0. The van der Waals surface area contributed by atoms with E-state index < -0.39 is 0 Å². The molecule has 1 heterocycles. The summed E-state index contributed by atoms with van der Waals surface area (Å²) in [5, 5.41) is 0. The van der Waals surface area contributed by atoms with Gasteiger partial charge >= 0.3 is 0 Å². The Bertz CT molecular complexity index is 642. The Hall–Kier alpha value is -1.29. The number of hydrogen-bond acceptors (Lipinski definition) is 2. The lowest BCUT2D eigenvalue weighted by Gasteiger charge is -2.14. The molecule has 21 heavy (non-hydrogen) atoms. The minimum atomic E-state index is 0.358. The SMILES string of the molecule is Cc1cc(-c2nc(C(C)C)n(CC(C)C)c2N)ccc1Br. The van der Waals surface area contributed by atoms with Gasteiger partial charge in [-0.05, 0) is 30.5 Å². The number of halogens is 1. The van der Waals surface area contributed by atoms with Crippen molar-refractivity contribution in [3.63, 3.8) is 0 Å². The van der Waals surface area contributed by atoms with Crippen molar-refractivity contribution >= 4 is 21.7 Å². The van der Waals surface area contributed by atoms with Crippen molar-refractivity contribution < 1.29 is 0 Å². The molecule has 0 atom stereocenters. The summed E-state index contributed by atoms with van der Waals surface area (Å²) in [5.41, 5.74) is 9.57. The summed E-state index contributed by atoms with van der Waals surface area (Å²) in [6.45, 7) is 11.7. The lowest BCUT2D eigenvalue weighted by atomic mass is 10.1. The largest absolute Gasteiger partial charge is 0.383 e. The summed E-state index contributed by atoms with van der Waals surface area (Å²) in [7, 11) is 0. The number of nitrogens with two attached hydrogens (primary N) is 1. The molecule has 0 saturated carbocycles. The quantitative estimate of drug-likeness (QED) is 0.845. The first-order valence-corrected chi connectivity index (χ1v) is 8.23. The van der Waals surface area contributed by atoms with Crippen LogP contribution in [0.2, 0.25) is 0 Å². The summed E-state index contributed by atoms with van der Waals surface area (Å²) in [4.78, 5) is 4.83. The fourth-order valence-corrected chi connectivity index (χ4v) is 2.73. The van der Waals surface area contributed by atoms with Gasteiger partial charge in [-0.1, -0.05) is 49.7 Å². The minimum Gasteiger partial charge on any atom is -0.383 e. The number of anilines is 1. The molecule has 4 heteroatoms. The Morgan fingerprint density at radius 2 is 1.90 bits per heavy atom. The van der Waals surface area contributed by atoms with E-state index in [-0.39, 0.29) is 0 Å². The predicted molar refractivity (Wildman–Crippen MR) is 93.4 cm³/mol. The maximum atomic E-state index is 6.40. The third-order valence-corrected chi connectivity index (χ3v) is 4.42. The van der Waals surface area contributed by atoms with Gasteiger partial charge in [-0.15, -0.1) is 0 Å². The smallest absolute Gasteiger partial charge is 0.131 e. The molecule has 3 nitrogen and oxygen atoms in total. The van der Waals surface area contributed by atoms with Gasteiger partial charge in [-0.25, -0.2) is 4.98 Å². The van der Waals surface area contributed by atoms with E-state index in [1.807, 2.05) is 0 Å². The lowest BCUT2D eigenvalue weighted by molar-refractivity contribution is 0.502. The van der Waals surface area contributed by atoms with Crippen LogP contribution >= 0.6 is 15.9 Å². The van der Waals surface area contributed by atoms with Crippen molar-refractivity contribution in [1.29, 1.82) is 0 Å². The summed E-state index contributed by atoms with van der Waals surface area (Å²) >= 11 is 3.54. The van der Waals surface area contributed by atoms with Gasteiger partial charge in [0.1, 0.15) is 17.3 Å². The number of benzene rings is 1. The van der Waals surface area contributed by atoms with E-state index in [4.69, 9.17) is 10.7 Å². The predicted octanol–water partition coefficient (Wildman–Crippen LogP) is 4.98. The Morgan fingerprint density at radius 3 is 2.43 bits per heavy atom. The second kappa shape index (κ2) is 6.22. The zero-order valence-electron chi connectivity index (χ0n) is 13.4.